The molecule has 0 saturated heterocycles. The maximum absolute atomic E-state index is 12.8. The summed E-state index contributed by atoms with van der Waals surface area (Å²) in [6, 6.07) is 28.0. The van der Waals surface area contributed by atoms with E-state index in [2.05, 4.69) is 33.0 Å². The number of thioether (sulfide) groups is 1. The van der Waals surface area contributed by atoms with Crippen molar-refractivity contribution >= 4 is 17.7 Å². The quantitative estimate of drug-likeness (QED) is 0.426. The van der Waals surface area contributed by atoms with E-state index < -0.39 is 0 Å². The van der Waals surface area contributed by atoms with E-state index in [1.54, 1.807) is 4.68 Å². The Labute approximate surface area is 185 Å². The first kappa shape index (κ1) is 20.8. The Balaban J connectivity index is 1.43. The molecule has 1 amide bonds. The Kier molecular flexibility index (Phi) is 6.74. The molecule has 3 aromatic carbocycles. The van der Waals surface area contributed by atoms with Crippen molar-refractivity contribution in [1.82, 2.24) is 25.5 Å². The number of amides is 1. The van der Waals surface area contributed by atoms with Crippen LogP contribution in [0.25, 0.3) is 5.69 Å². The maximum atomic E-state index is 12.8. The SMILES string of the molecule is Cc1ccc(-n2nnnc2SCC(=O)NC(Cc2ccccc2)c2ccccc2)cc1. The summed E-state index contributed by atoms with van der Waals surface area (Å²) in [4.78, 5) is 12.8. The van der Waals surface area contributed by atoms with Crippen LogP contribution < -0.4 is 5.32 Å². The Morgan fingerprint density at radius 1 is 0.968 bits per heavy atom. The van der Waals surface area contributed by atoms with Crippen LogP contribution in [0.5, 0.6) is 0 Å². The van der Waals surface area contributed by atoms with Gasteiger partial charge in [0.15, 0.2) is 0 Å². The number of hydrogen-bond acceptors (Lipinski definition) is 5. The van der Waals surface area contributed by atoms with Crippen molar-refractivity contribution < 1.29 is 4.79 Å². The number of nitrogens with zero attached hydrogens (tertiary/aromatic N) is 4. The summed E-state index contributed by atoms with van der Waals surface area (Å²) < 4.78 is 1.65. The predicted molar refractivity (Wildman–Crippen MR) is 122 cm³/mol. The van der Waals surface area contributed by atoms with Crippen LogP contribution in [0.1, 0.15) is 22.7 Å². The lowest BCUT2D eigenvalue weighted by Gasteiger charge is -2.19. The van der Waals surface area contributed by atoms with Crippen molar-refractivity contribution in [1.29, 1.82) is 0 Å². The number of carbonyl (C=O) groups is 1. The third-order valence-corrected chi connectivity index (χ3v) is 5.79. The van der Waals surface area contributed by atoms with Crippen LogP contribution in [0.4, 0.5) is 0 Å². The van der Waals surface area contributed by atoms with Gasteiger partial charge in [0.05, 0.1) is 17.5 Å². The smallest absolute Gasteiger partial charge is 0.230 e. The predicted octanol–water partition coefficient (Wildman–Crippen LogP) is 4.16. The molecule has 1 atom stereocenters. The zero-order chi connectivity index (χ0) is 21.5. The van der Waals surface area contributed by atoms with Crippen molar-refractivity contribution in [3.05, 3.63) is 102 Å². The lowest BCUT2D eigenvalue weighted by molar-refractivity contribution is -0.119. The molecule has 1 aromatic heterocycles. The van der Waals surface area contributed by atoms with Gasteiger partial charge in [-0.3, -0.25) is 4.79 Å². The monoisotopic (exact) mass is 429 g/mol. The van der Waals surface area contributed by atoms with Gasteiger partial charge in [0.2, 0.25) is 11.1 Å². The molecule has 4 aromatic rings. The van der Waals surface area contributed by atoms with Crippen LogP contribution in [0.2, 0.25) is 0 Å². The number of tetrazole rings is 1. The van der Waals surface area contributed by atoms with Crippen molar-refractivity contribution in [3.63, 3.8) is 0 Å². The van der Waals surface area contributed by atoms with Crippen molar-refractivity contribution in [2.45, 2.75) is 24.5 Å². The first-order valence-electron chi connectivity index (χ1n) is 10.1. The second-order valence-electron chi connectivity index (χ2n) is 7.22. The first-order chi connectivity index (χ1) is 15.2. The third-order valence-electron chi connectivity index (χ3n) is 4.87. The first-order valence-corrected chi connectivity index (χ1v) is 11.0. The van der Waals surface area contributed by atoms with Crippen molar-refractivity contribution in [3.8, 4) is 5.69 Å². The number of aryl methyl sites for hydroxylation is 1. The highest BCUT2D eigenvalue weighted by atomic mass is 32.2. The summed E-state index contributed by atoms with van der Waals surface area (Å²) in [5.74, 6) is 0.165. The summed E-state index contributed by atoms with van der Waals surface area (Å²) in [5, 5.41) is 15.7. The molecular formula is C24H23N5OS. The van der Waals surface area contributed by atoms with Crippen LogP contribution in [0.15, 0.2) is 90.1 Å². The van der Waals surface area contributed by atoms with E-state index in [0.717, 1.165) is 23.2 Å². The zero-order valence-corrected chi connectivity index (χ0v) is 18.0. The Morgan fingerprint density at radius 3 is 2.35 bits per heavy atom. The van der Waals surface area contributed by atoms with Crippen molar-refractivity contribution in [2.75, 3.05) is 5.75 Å². The second kappa shape index (κ2) is 10.0. The zero-order valence-electron chi connectivity index (χ0n) is 17.2. The van der Waals surface area contributed by atoms with Crippen molar-refractivity contribution in [2.24, 2.45) is 0 Å². The largest absolute Gasteiger partial charge is 0.348 e. The molecule has 0 aliphatic carbocycles. The molecule has 1 N–H and O–H groups in total. The molecule has 0 bridgehead atoms. The number of carbonyl (C=O) groups excluding carboxylic acids is 1. The Bertz CT molecular complexity index is 1110. The summed E-state index contributed by atoms with van der Waals surface area (Å²) >= 11 is 1.32. The van der Waals surface area contributed by atoms with E-state index in [1.807, 2.05) is 79.7 Å². The van der Waals surface area contributed by atoms with Gasteiger partial charge in [0, 0.05) is 0 Å². The fourth-order valence-corrected chi connectivity index (χ4v) is 3.97. The van der Waals surface area contributed by atoms with Crippen LogP contribution in [-0.4, -0.2) is 31.9 Å². The second-order valence-corrected chi connectivity index (χ2v) is 8.16. The van der Waals surface area contributed by atoms with Gasteiger partial charge in [0.25, 0.3) is 0 Å². The number of aromatic nitrogens is 4. The molecule has 0 fully saturated rings. The molecule has 1 heterocycles. The van der Waals surface area contributed by atoms with Gasteiger partial charge < -0.3 is 5.32 Å². The van der Waals surface area contributed by atoms with E-state index in [0.29, 0.717) is 5.16 Å². The molecule has 6 nitrogen and oxygen atoms in total. The highest BCUT2D eigenvalue weighted by molar-refractivity contribution is 7.99. The van der Waals surface area contributed by atoms with Crippen LogP contribution in [-0.2, 0) is 11.2 Å². The lowest BCUT2D eigenvalue weighted by Crippen LogP contribution is -2.31. The normalized spacial score (nSPS) is 11.8. The minimum atomic E-state index is -0.107. The fourth-order valence-electron chi connectivity index (χ4n) is 3.27. The summed E-state index contributed by atoms with van der Waals surface area (Å²) in [7, 11) is 0. The van der Waals surface area contributed by atoms with Gasteiger partial charge in [-0.15, -0.1) is 5.10 Å². The van der Waals surface area contributed by atoms with Gasteiger partial charge in [-0.1, -0.05) is 90.1 Å². The molecule has 0 radical (unpaired) electrons. The van der Waals surface area contributed by atoms with Crippen LogP contribution in [0, 0.1) is 6.92 Å². The van der Waals surface area contributed by atoms with Gasteiger partial charge >= 0.3 is 0 Å². The minimum absolute atomic E-state index is 0.0618. The average molecular weight is 430 g/mol. The third kappa shape index (κ3) is 5.58. The maximum Gasteiger partial charge on any atom is 0.230 e. The molecule has 0 aliphatic rings. The Morgan fingerprint density at radius 2 is 1.65 bits per heavy atom. The highest BCUT2D eigenvalue weighted by Crippen LogP contribution is 2.21. The molecule has 0 spiro atoms. The molecular weight excluding hydrogens is 406 g/mol. The average Bonchev–Trinajstić information content (AvgIpc) is 3.28. The fraction of sp³-hybridized carbons (Fsp3) is 0.167. The number of nitrogens with one attached hydrogen (secondary N) is 1. The van der Waals surface area contributed by atoms with E-state index >= 15 is 0 Å². The van der Waals surface area contributed by atoms with Gasteiger partial charge in [0.1, 0.15) is 0 Å². The number of benzene rings is 3. The summed E-state index contributed by atoms with van der Waals surface area (Å²) in [6.45, 7) is 2.03. The molecule has 31 heavy (non-hydrogen) atoms. The Hall–Kier alpha value is -3.45. The van der Waals surface area contributed by atoms with E-state index in [-0.39, 0.29) is 17.7 Å². The number of rotatable bonds is 8. The highest BCUT2D eigenvalue weighted by Gasteiger charge is 2.17. The topological polar surface area (TPSA) is 72.7 Å². The van der Waals surface area contributed by atoms with Gasteiger partial charge in [-0.2, -0.15) is 4.68 Å². The molecule has 4 rings (SSSR count). The van der Waals surface area contributed by atoms with Gasteiger partial charge in [-0.05, 0) is 47.0 Å². The lowest BCUT2D eigenvalue weighted by atomic mass is 9.99. The van der Waals surface area contributed by atoms with Crippen LogP contribution in [0.3, 0.4) is 0 Å². The molecule has 7 heteroatoms. The minimum Gasteiger partial charge on any atom is -0.348 e. The molecule has 1 unspecified atom stereocenters. The van der Waals surface area contributed by atoms with Crippen LogP contribution >= 0.6 is 11.8 Å². The molecule has 0 saturated carbocycles. The number of hydrogen-bond donors (Lipinski definition) is 1. The van der Waals surface area contributed by atoms with E-state index in [1.165, 1.54) is 17.3 Å². The van der Waals surface area contributed by atoms with E-state index in [4.69, 9.17) is 0 Å². The van der Waals surface area contributed by atoms with Gasteiger partial charge in [-0.25, -0.2) is 0 Å². The standard InChI is InChI=1S/C24H23N5OS/c1-18-12-14-21(15-13-18)29-24(26-27-28-29)31-17-23(30)25-22(20-10-6-3-7-11-20)16-19-8-4-2-5-9-19/h2-15,22H,16-17H2,1H3,(H,25,30). The van der Waals surface area contributed by atoms with E-state index in [9.17, 15) is 4.79 Å². The summed E-state index contributed by atoms with van der Waals surface area (Å²) in [6.07, 6.45) is 0.725. The summed E-state index contributed by atoms with van der Waals surface area (Å²) in [5.41, 5.74) is 4.28. The molecule has 156 valence electrons. The molecule has 0 aliphatic heterocycles.